The van der Waals surface area contributed by atoms with Crippen molar-refractivity contribution in [1.29, 1.82) is 0 Å². The number of anilines is 1. The Bertz CT molecular complexity index is 770. The number of thioether (sulfide) groups is 1. The van der Waals surface area contributed by atoms with Crippen LogP contribution in [0.2, 0.25) is 0 Å². The van der Waals surface area contributed by atoms with E-state index in [4.69, 9.17) is 12.2 Å². The van der Waals surface area contributed by atoms with Crippen LogP contribution in [0.1, 0.15) is 5.56 Å². The van der Waals surface area contributed by atoms with Gasteiger partial charge >= 0.3 is 0 Å². The highest BCUT2D eigenvalue weighted by Crippen LogP contribution is 2.36. The molecule has 0 N–H and O–H groups in total. The fourth-order valence-electron chi connectivity index (χ4n) is 1.99. The lowest BCUT2D eigenvalue weighted by Crippen LogP contribution is -2.27. The highest BCUT2D eigenvalue weighted by atomic mass is 79.9. The summed E-state index contributed by atoms with van der Waals surface area (Å²) in [5.41, 5.74) is 1.75. The molecule has 0 unspecified atom stereocenters. The van der Waals surface area contributed by atoms with Crippen molar-refractivity contribution in [3.8, 4) is 0 Å². The first-order valence-electron chi connectivity index (χ1n) is 6.34. The van der Waals surface area contributed by atoms with Crippen LogP contribution in [0.4, 0.5) is 5.69 Å². The molecule has 22 heavy (non-hydrogen) atoms. The van der Waals surface area contributed by atoms with Gasteiger partial charge in [-0.1, -0.05) is 68.0 Å². The van der Waals surface area contributed by atoms with Gasteiger partial charge in [0.25, 0.3) is 5.91 Å². The van der Waals surface area contributed by atoms with Crippen molar-refractivity contribution in [3.63, 3.8) is 0 Å². The minimum atomic E-state index is -0.0831. The van der Waals surface area contributed by atoms with Gasteiger partial charge in [0, 0.05) is 8.95 Å². The van der Waals surface area contributed by atoms with Crippen molar-refractivity contribution >= 4 is 77.8 Å². The van der Waals surface area contributed by atoms with Crippen molar-refractivity contribution < 1.29 is 4.79 Å². The fourth-order valence-corrected chi connectivity index (χ4v) is 3.82. The van der Waals surface area contributed by atoms with E-state index in [0.29, 0.717) is 9.23 Å². The molecule has 1 aliphatic rings. The molecule has 2 aromatic carbocycles. The molecule has 110 valence electrons. The van der Waals surface area contributed by atoms with Gasteiger partial charge in [-0.2, -0.15) is 0 Å². The summed E-state index contributed by atoms with van der Waals surface area (Å²) in [5.74, 6) is -0.0831. The number of rotatable bonds is 2. The smallest absolute Gasteiger partial charge is 0.268 e. The maximum absolute atomic E-state index is 12.6. The zero-order valence-electron chi connectivity index (χ0n) is 11.1. The minimum Gasteiger partial charge on any atom is -0.268 e. The Morgan fingerprint density at radius 1 is 0.955 bits per heavy atom. The van der Waals surface area contributed by atoms with Gasteiger partial charge in [-0.3, -0.25) is 9.69 Å². The van der Waals surface area contributed by atoms with Crippen LogP contribution < -0.4 is 4.90 Å². The highest BCUT2D eigenvalue weighted by molar-refractivity contribution is 9.10. The Morgan fingerprint density at radius 3 is 2.09 bits per heavy atom. The van der Waals surface area contributed by atoms with Crippen LogP contribution in [-0.4, -0.2) is 10.2 Å². The van der Waals surface area contributed by atoms with E-state index in [1.54, 1.807) is 4.90 Å². The number of carbonyl (C=O) groups is 1. The van der Waals surface area contributed by atoms with E-state index in [2.05, 4.69) is 31.9 Å². The van der Waals surface area contributed by atoms with Crippen molar-refractivity contribution in [2.75, 3.05) is 4.90 Å². The first-order chi connectivity index (χ1) is 10.5. The molecule has 0 atom stereocenters. The molecule has 1 aliphatic heterocycles. The maximum atomic E-state index is 12.6. The number of benzene rings is 2. The summed E-state index contributed by atoms with van der Waals surface area (Å²) in [6, 6.07) is 15.3. The van der Waals surface area contributed by atoms with E-state index in [0.717, 1.165) is 20.2 Å². The number of carbonyl (C=O) groups excluding carboxylic acids is 1. The zero-order valence-corrected chi connectivity index (χ0v) is 15.9. The number of amides is 1. The molecule has 0 aromatic heterocycles. The summed E-state index contributed by atoms with van der Waals surface area (Å²) in [7, 11) is 0. The second-order valence-corrected chi connectivity index (χ2v) is 8.05. The second kappa shape index (κ2) is 6.66. The van der Waals surface area contributed by atoms with Crippen molar-refractivity contribution in [2.24, 2.45) is 0 Å². The Labute approximate surface area is 154 Å². The number of hydrogen-bond acceptors (Lipinski definition) is 3. The third-order valence-corrected chi connectivity index (χ3v) is 5.41. The molecule has 2 nitrogen and oxygen atoms in total. The molecule has 1 amide bonds. The lowest BCUT2D eigenvalue weighted by molar-refractivity contribution is -0.113. The number of halogens is 2. The molecule has 0 saturated carbocycles. The SMILES string of the molecule is O=C1C(=Cc2ccc(Br)cc2)SC(=S)N1c1ccc(Br)cc1. The molecule has 1 fully saturated rings. The van der Waals surface area contributed by atoms with E-state index in [9.17, 15) is 4.79 Å². The van der Waals surface area contributed by atoms with E-state index in [1.165, 1.54) is 11.8 Å². The third-order valence-electron chi connectivity index (χ3n) is 3.05. The summed E-state index contributed by atoms with van der Waals surface area (Å²) >= 11 is 13.5. The Kier molecular flexibility index (Phi) is 4.82. The summed E-state index contributed by atoms with van der Waals surface area (Å²) in [6.07, 6.45) is 1.87. The first-order valence-corrected chi connectivity index (χ1v) is 9.15. The molecule has 3 rings (SSSR count). The van der Waals surface area contributed by atoms with Gasteiger partial charge in [0.05, 0.1) is 10.6 Å². The van der Waals surface area contributed by atoms with E-state index in [1.807, 2.05) is 54.6 Å². The fraction of sp³-hybridized carbons (Fsp3) is 0. The second-order valence-electron chi connectivity index (χ2n) is 4.55. The standard InChI is InChI=1S/C16H9Br2NOS2/c17-11-3-1-10(2-4-11)9-14-15(20)19(16(21)22-14)13-7-5-12(18)6-8-13/h1-9H. The Balaban J connectivity index is 1.91. The van der Waals surface area contributed by atoms with Gasteiger partial charge in [-0.15, -0.1) is 0 Å². The topological polar surface area (TPSA) is 20.3 Å². The van der Waals surface area contributed by atoms with Crippen LogP contribution in [-0.2, 0) is 4.79 Å². The predicted molar refractivity (Wildman–Crippen MR) is 104 cm³/mol. The van der Waals surface area contributed by atoms with Gasteiger partial charge < -0.3 is 0 Å². The Morgan fingerprint density at radius 2 is 1.50 bits per heavy atom. The summed E-state index contributed by atoms with van der Waals surface area (Å²) in [6.45, 7) is 0. The molecule has 6 heteroatoms. The van der Waals surface area contributed by atoms with Gasteiger partial charge in [-0.25, -0.2) is 0 Å². The molecule has 0 aliphatic carbocycles. The minimum absolute atomic E-state index is 0.0831. The highest BCUT2D eigenvalue weighted by Gasteiger charge is 2.33. The number of thiocarbonyl (C=S) groups is 1. The molecular formula is C16H9Br2NOS2. The summed E-state index contributed by atoms with van der Waals surface area (Å²) < 4.78 is 2.52. The molecular weight excluding hydrogens is 446 g/mol. The molecule has 1 heterocycles. The molecule has 0 radical (unpaired) electrons. The molecule has 1 saturated heterocycles. The van der Waals surface area contributed by atoms with Crippen molar-refractivity contribution in [1.82, 2.24) is 0 Å². The van der Waals surface area contributed by atoms with Crippen molar-refractivity contribution in [2.45, 2.75) is 0 Å². The van der Waals surface area contributed by atoms with Crippen LogP contribution >= 0.6 is 55.8 Å². The van der Waals surface area contributed by atoms with Gasteiger partial charge in [-0.05, 0) is 48.0 Å². The quantitative estimate of drug-likeness (QED) is 0.434. The first kappa shape index (κ1) is 15.9. The van der Waals surface area contributed by atoms with Gasteiger partial charge in [0.2, 0.25) is 0 Å². The normalized spacial score (nSPS) is 16.6. The van der Waals surface area contributed by atoms with Gasteiger partial charge in [0.15, 0.2) is 4.32 Å². The molecule has 0 bridgehead atoms. The number of nitrogens with zero attached hydrogens (tertiary/aromatic N) is 1. The van der Waals surface area contributed by atoms with E-state index >= 15 is 0 Å². The maximum Gasteiger partial charge on any atom is 0.270 e. The lowest BCUT2D eigenvalue weighted by atomic mass is 10.2. The van der Waals surface area contributed by atoms with Gasteiger partial charge in [0.1, 0.15) is 0 Å². The van der Waals surface area contributed by atoms with Crippen LogP contribution in [0.3, 0.4) is 0 Å². The average Bonchev–Trinajstić information content (AvgIpc) is 2.77. The lowest BCUT2D eigenvalue weighted by Gasteiger charge is -2.14. The monoisotopic (exact) mass is 453 g/mol. The average molecular weight is 455 g/mol. The summed E-state index contributed by atoms with van der Waals surface area (Å²) in [5, 5.41) is 0. The largest absolute Gasteiger partial charge is 0.270 e. The van der Waals surface area contributed by atoms with E-state index in [-0.39, 0.29) is 5.91 Å². The molecule has 2 aromatic rings. The van der Waals surface area contributed by atoms with Crippen LogP contribution in [0.25, 0.3) is 6.08 Å². The Hall–Kier alpha value is -0.950. The number of hydrogen-bond donors (Lipinski definition) is 0. The molecule has 0 spiro atoms. The van der Waals surface area contributed by atoms with Crippen LogP contribution in [0.5, 0.6) is 0 Å². The summed E-state index contributed by atoms with van der Waals surface area (Å²) in [4.78, 5) is 14.8. The van der Waals surface area contributed by atoms with Crippen molar-refractivity contribution in [3.05, 3.63) is 67.9 Å². The third kappa shape index (κ3) is 3.35. The van der Waals surface area contributed by atoms with E-state index < -0.39 is 0 Å². The predicted octanol–water partition coefficient (Wildman–Crippen LogP) is 5.62. The van der Waals surface area contributed by atoms with Crippen LogP contribution in [0.15, 0.2) is 62.4 Å². The van der Waals surface area contributed by atoms with Crippen LogP contribution in [0, 0.1) is 0 Å². The zero-order chi connectivity index (χ0) is 15.7.